The molecule has 0 saturated carbocycles. The van der Waals surface area contributed by atoms with Gasteiger partial charge in [-0.05, 0) is 26.1 Å². The number of nitrogens with one attached hydrogen (secondary N) is 2. The molecule has 0 fully saturated rings. The highest BCUT2D eigenvalue weighted by atomic mass is 32.1. The number of hydrogen-bond donors (Lipinski definition) is 2. The normalized spacial score (nSPS) is 12.9. The molecule has 0 amide bonds. The van der Waals surface area contributed by atoms with Crippen LogP contribution in [0.4, 0.5) is 0 Å². The smallest absolute Gasteiger partial charge is 0.114 e. The van der Waals surface area contributed by atoms with E-state index in [-0.39, 0.29) is 0 Å². The summed E-state index contributed by atoms with van der Waals surface area (Å²) in [4.78, 5) is 12.6. The number of hydrogen-bond acceptors (Lipinski definition) is 4. The summed E-state index contributed by atoms with van der Waals surface area (Å²) in [5, 5.41) is 6.40. The molecule has 2 heterocycles. The van der Waals surface area contributed by atoms with Crippen LogP contribution >= 0.6 is 11.3 Å². The van der Waals surface area contributed by atoms with Crippen molar-refractivity contribution in [2.45, 2.75) is 19.4 Å². The molecule has 0 saturated heterocycles. The first-order chi connectivity index (χ1) is 9.26. The Kier molecular flexibility index (Phi) is 3.31. The van der Waals surface area contributed by atoms with Crippen LogP contribution in [0.25, 0.3) is 11.0 Å². The molecule has 0 bridgehead atoms. The van der Waals surface area contributed by atoms with Crippen molar-refractivity contribution in [2.24, 2.45) is 0 Å². The lowest BCUT2D eigenvalue weighted by molar-refractivity contribution is 0.635. The van der Waals surface area contributed by atoms with Crippen molar-refractivity contribution in [3.05, 3.63) is 46.2 Å². The zero-order valence-electron chi connectivity index (χ0n) is 11.0. The maximum Gasteiger partial charge on any atom is 0.114 e. The lowest BCUT2D eigenvalue weighted by Crippen LogP contribution is -2.12. The Balaban J connectivity index is 1.82. The fourth-order valence-corrected chi connectivity index (χ4v) is 2.88. The molecule has 1 unspecified atom stereocenters. The molecule has 5 heteroatoms. The summed E-state index contributed by atoms with van der Waals surface area (Å²) in [5.41, 5.74) is 3.19. The SMILES string of the molecule is CNC(C)c1csc(Cc2nc3ccccc3[nH]2)n1. The van der Waals surface area contributed by atoms with Crippen LogP contribution in [0.1, 0.15) is 29.5 Å². The number of aromatic nitrogens is 3. The second-order valence-corrected chi connectivity index (χ2v) is 5.50. The van der Waals surface area contributed by atoms with Gasteiger partial charge in [0.15, 0.2) is 0 Å². The predicted molar refractivity (Wildman–Crippen MR) is 78.5 cm³/mol. The van der Waals surface area contributed by atoms with E-state index < -0.39 is 0 Å². The fourth-order valence-electron chi connectivity index (χ4n) is 1.99. The van der Waals surface area contributed by atoms with Gasteiger partial charge in [0.1, 0.15) is 10.8 Å². The van der Waals surface area contributed by atoms with Crippen molar-refractivity contribution in [1.29, 1.82) is 0 Å². The quantitative estimate of drug-likeness (QED) is 0.768. The summed E-state index contributed by atoms with van der Waals surface area (Å²) in [6.07, 6.45) is 0.760. The monoisotopic (exact) mass is 272 g/mol. The number of aromatic amines is 1. The molecule has 98 valence electrons. The number of imidazole rings is 1. The van der Waals surface area contributed by atoms with E-state index in [0.717, 1.165) is 34.0 Å². The van der Waals surface area contributed by atoms with Crippen LogP contribution in [0.2, 0.25) is 0 Å². The highest BCUT2D eigenvalue weighted by Gasteiger charge is 2.10. The molecule has 1 atom stereocenters. The van der Waals surface area contributed by atoms with Crippen molar-refractivity contribution in [3.8, 4) is 0 Å². The van der Waals surface area contributed by atoms with Crippen molar-refractivity contribution >= 4 is 22.4 Å². The second-order valence-electron chi connectivity index (χ2n) is 4.55. The van der Waals surface area contributed by atoms with Crippen molar-refractivity contribution in [2.75, 3.05) is 7.05 Å². The number of rotatable bonds is 4. The van der Waals surface area contributed by atoms with E-state index in [4.69, 9.17) is 0 Å². The zero-order valence-corrected chi connectivity index (χ0v) is 11.8. The first kappa shape index (κ1) is 12.3. The van der Waals surface area contributed by atoms with Crippen LogP contribution in [-0.2, 0) is 6.42 Å². The van der Waals surface area contributed by atoms with E-state index in [1.165, 1.54) is 0 Å². The zero-order chi connectivity index (χ0) is 13.2. The van der Waals surface area contributed by atoms with Crippen molar-refractivity contribution in [3.63, 3.8) is 0 Å². The highest BCUT2D eigenvalue weighted by molar-refractivity contribution is 7.09. The number of nitrogens with zero attached hydrogens (tertiary/aromatic N) is 2. The fraction of sp³-hybridized carbons (Fsp3) is 0.286. The molecule has 19 heavy (non-hydrogen) atoms. The maximum absolute atomic E-state index is 4.64. The van der Waals surface area contributed by atoms with E-state index in [0.29, 0.717) is 6.04 Å². The molecule has 0 aliphatic heterocycles. The minimum Gasteiger partial charge on any atom is -0.342 e. The summed E-state index contributed by atoms with van der Waals surface area (Å²) in [6.45, 7) is 2.11. The van der Waals surface area contributed by atoms with Gasteiger partial charge >= 0.3 is 0 Å². The second kappa shape index (κ2) is 5.11. The van der Waals surface area contributed by atoms with Crippen molar-refractivity contribution < 1.29 is 0 Å². The van der Waals surface area contributed by atoms with Crippen LogP contribution in [0.15, 0.2) is 29.6 Å². The van der Waals surface area contributed by atoms with Gasteiger partial charge in [-0.15, -0.1) is 11.3 Å². The Labute approximate surface area is 115 Å². The van der Waals surface area contributed by atoms with Crippen LogP contribution in [0.3, 0.4) is 0 Å². The van der Waals surface area contributed by atoms with Gasteiger partial charge in [0.05, 0.1) is 23.1 Å². The van der Waals surface area contributed by atoms with Crippen molar-refractivity contribution in [1.82, 2.24) is 20.3 Å². The molecule has 0 aliphatic carbocycles. The Hall–Kier alpha value is -1.72. The van der Waals surface area contributed by atoms with E-state index in [1.54, 1.807) is 11.3 Å². The molecule has 3 rings (SSSR count). The Morgan fingerprint density at radius 2 is 2.16 bits per heavy atom. The van der Waals surface area contributed by atoms with Gasteiger partial charge in [-0.1, -0.05) is 12.1 Å². The number of benzene rings is 1. The van der Waals surface area contributed by atoms with Crippen LogP contribution in [-0.4, -0.2) is 22.0 Å². The molecule has 2 N–H and O–H groups in total. The summed E-state index contributed by atoms with van der Waals surface area (Å²) >= 11 is 1.69. The highest BCUT2D eigenvalue weighted by Crippen LogP contribution is 2.19. The third-order valence-electron chi connectivity index (χ3n) is 3.20. The average Bonchev–Trinajstić information content (AvgIpc) is 3.04. The van der Waals surface area contributed by atoms with Gasteiger partial charge in [-0.2, -0.15) is 0 Å². The van der Waals surface area contributed by atoms with Gasteiger partial charge in [0.2, 0.25) is 0 Å². The lowest BCUT2D eigenvalue weighted by Gasteiger charge is -2.04. The predicted octanol–water partition coefficient (Wildman–Crippen LogP) is 2.89. The minimum absolute atomic E-state index is 0.292. The molecule has 2 aromatic heterocycles. The standard InChI is InChI=1S/C14H16N4S/c1-9(15-2)12-8-19-14(18-12)7-13-16-10-5-3-4-6-11(10)17-13/h3-6,8-9,15H,7H2,1-2H3,(H,16,17). The van der Waals surface area contributed by atoms with Gasteiger partial charge in [-0.25, -0.2) is 9.97 Å². The maximum atomic E-state index is 4.64. The number of thiazole rings is 1. The number of fused-ring (bicyclic) bond motifs is 1. The molecule has 0 spiro atoms. The Morgan fingerprint density at radius 1 is 1.32 bits per heavy atom. The topological polar surface area (TPSA) is 53.6 Å². The number of H-pyrrole nitrogens is 1. The van der Waals surface area contributed by atoms with E-state index >= 15 is 0 Å². The Bertz CT molecular complexity index is 652. The van der Waals surface area contributed by atoms with E-state index in [1.807, 2.05) is 31.3 Å². The molecule has 3 aromatic rings. The first-order valence-corrected chi connectivity index (χ1v) is 7.19. The van der Waals surface area contributed by atoms with E-state index in [9.17, 15) is 0 Å². The average molecular weight is 272 g/mol. The van der Waals surface area contributed by atoms with Crippen LogP contribution in [0.5, 0.6) is 0 Å². The molecular weight excluding hydrogens is 256 g/mol. The third kappa shape index (κ3) is 2.52. The first-order valence-electron chi connectivity index (χ1n) is 6.31. The molecule has 1 aromatic carbocycles. The largest absolute Gasteiger partial charge is 0.342 e. The molecular formula is C14H16N4S. The third-order valence-corrected chi connectivity index (χ3v) is 4.07. The lowest BCUT2D eigenvalue weighted by atomic mass is 10.3. The molecule has 0 radical (unpaired) electrons. The van der Waals surface area contributed by atoms with Crippen LogP contribution < -0.4 is 5.32 Å². The summed E-state index contributed by atoms with van der Waals surface area (Å²) < 4.78 is 0. The number of para-hydroxylation sites is 2. The Morgan fingerprint density at radius 3 is 2.95 bits per heavy atom. The summed E-state index contributed by atoms with van der Waals surface area (Å²) in [5.74, 6) is 0.971. The van der Waals surface area contributed by atoms with Gasteiger partial charge in [0, 0.05) is 11.4 Å². The van der Waals surface area contributed by atoms with Gasteiger partial charge < -0.3 is 10.3 Å². The van der Waals surface area contributed by atoms with Gasteiger partial charge in [-0.3, -0.25) is 0 Å². The summed E-state index contributed by atoms with van der Waals surface area (Å²) in [7, 11) is 1.95. The van der Waals surface area contributed by atoms with Gasteiger partial charge in [0.25, 0.3) is 0 Å². The minimum atomic E-state index is 0.292. The molecule has 0 aliphatic rings. The van der Waals surface area contributed by atoms with E-state index in [2.05, 4.69) is 32.6 Å². The summed E-state index contributed by atoms with van der Waals surface area (Å²) in [6, 6.07) is 8.37. The van der Waals surface area contributed by atoms with Crippen LogP contribution in [0, 0.1) is 0 Å². The molecule has 4 nitrogen and oxygen atoms in total.